The summed E-state index contributed by atoms with van der Waals surface area (Å²) in [6.45, 7) is 3.53. The van der Waals surface area contributed by atoms with Crippen LogP contribution in [0.25, 0.3) is 0 Å². The summed E-state index contributed by atoms with van der Waals surface area (Å²) in [6.07, 6.45) is 0. The first kappa shape index (κ1) is 18.0. The summed E-state index contributed by atoms with van der Waals surface area (Å²) in [5.41, 5.74) is 1.64. The molecule has 3 rings (SSSR count). The Kier molecular flexibility index (Phi) is 5.78. The van der Waals surface area contributed by atoms with Crippen LogP contribution in [0.3, 0.4) is 0 Å². The molecule has 0 atom stereocenters. The van der Waals surface area contributed by atoms with Gasteiger partial charge in [-0.3, -0.25) is 4.90 Å². The molecule has 0 radical (unpaired) electrons. The molecule has 132 valence electrons. The van der Waals surface area contributed by atoms with Crippen LogP contribution in [0.15, 0.2) is 42.5 Å². The van der Waals surface area contributed by atoms with Crippen LogP contribution in [0.2, 0.25) is 10.0 Å². The van der Waals surface area contributed by atoms with Gasteiger partial charge < -0.3 is 10.2 Å². The third-order valence-electron chi connectivity index (χ3n) is 4.09. The summed E-state index contributed by atoms with van der Waals surface area (Å²) in [7, 11) is 0. The van der Waals surface area contributed by atoms with E-state index in [1.54, 1.807) is 35.2 Å². The molecule has 1 N–H and O–H groups in total. The molecule has 4 nitrogen and oxygen atoms in total. The van der Waals surface area contributed by atoms with Crippen molar-refractivity contribution in [3.63, 3.8) is 0 Å². The fourth-order valence-electron chi connectivity index (χ4n) is 2.79. The highest BCUT2D eigenvalue weighted by molar-refractivity contribution is 6.35. The first-order valence-corrected chi connectivity index (χ1v) is 8.74. The van der Waals surface area contributed by atoms with E-state index >= 15 is 0 Å². The van der Waals surface area contributed by atoms with Gasteiger partial charge in [-0.25, -0.2) is 9.18 Å². The van der Waals surface area contributed by atoms with Gasteiger partial charge in [0.05, 0.1) is 0 Å². The van der Waals surface area contributed by atoms with E-state index in [1.165, 1.54) is 12.1 Å². The Hall–Kier alpha value is -1.82. The van der Waals surface area contributed by atoms with Crippen molar-refractivity contribution in [3.8, 4) is 0 Å². The molecule has 1 fully saturated rings. The topological polar surface area (TPSA) is 35.6 Å². The van der Waals surface area contributed by atoms with E-state index in [-0.39, 0.29) is 11.8 Å². The lowest BCUT2D eigenvalue weighted by Crippen LogP contribution is -2.49. The highest BCUT2D eigenvalue weighted by Gasteiger charge is 2.21. The Balaban J connectivity index is 1.51. The monoisotopic (exact) mass is 381 g/mol. The fraction of sp³-hybridized carbons (Fsp3) is 0.278. The summed E-state index contributed by atoms with van der Waals surface area (Å²) >= 11 is 11.9. The van der Waals surface area contributed by atoms with Gasteiger partial charge in [0.1, 0.15) is 5.82 Å². The van der Waals surface area contributed by atoms with Crippen LogP contribution in [0.4, 0.5) is 14.9 Å². The van der Waals surface area contributed by atoms with E-state index in [9.17, 15) is 9.18 Å². The molecular weight excluding hydrogens is 364 g/mol. The van der Waals surface area contributed by atoms with Gasteiger partial charge in [0, 0.05) is 48.5 Å². The normalized spacial score (nSPS) is 15.2. The minimum atomic E-state index is -0.230. The van der Waals surface area contributed by atoms with Gasteiger partial charge in [0.25, 0.3) is 0 Å². The van der Waals surface area contributed by atoms with Crippen LogP contribution in [0.1, 0.15) is 5.56 Å². The van der Waals surface area contributed by atoms with Gasteiger partial charge in [0.2, 0.25) is 0 Å². The summed E-state index contributed by atoms with van der Waals surface area (Å²) < 4.78 is 13.0. The molecule has 2 amide bonds. The van der Waals surface area contributed by atoms with Crippen LogP contribution in [-0.2, 0) is 6.54 Å². The van der Waals surface area contributed by atoms with E-state index < -0.39 is 0 Å². The van der Waals surface area contributed by atoms with Gasteiger partial charge in [-0.05, 0) is 35.9 Å². The predicted octanol–water partition coefficient (Wildman–Crippen LogP) is 4.48. The number of carbonyl (C=O) groups excluding carboxylic acids is 1. The van der Waals surface area contributed by atoms with Crippen molar-refractivity contribution in [2.45, 2.75) is 6.54 Å². The second kappa shape index (κ2) is 8.04. The van der Waals surface area contributed by atoms with E-state index in [0.29, 0.717) is 28.8 Å². The highest BCUT2D eigenvalue weighted by Crippen LogP contribution is 2.23. The van der Waals surface area contributed by atoms with Gasteiger partial charge >= 0.3 is 6.03 Å². The minimum absolute atomic E-state index is 0.167. The minimum Gasteiger partial charge on any atom is -0.322 e. The van der Waals surface area contributed by atoms with Gasteiger partial charge in [-0.1, -0.05) is 35.3 Å². The zero-order valence-corrected chi connectivity index (χ0v) is 15.0. The van der Waals surface area contributed by atoms with Crippen LogP contribution in [0, 0.1) is 5.82 Å². The number of halogens is 3. The Morgan fingerprint density at radius 2 is 1.60 bits per heavy atom. The van der Waals surface area contributed by atoms with Crippen molar-refractivity contribution in [1.29, 1.82) is 0 Å². The number of carbonyl (C=O) groups is 1. The van der Waals surface area contributed by atoms with Crippen LogP contribution >= 0.6 is 23.2 Å². The second-order valence-corrected chi connectivity index (χ2v) is 6.85. The van der Waals surface area contributed by atoms with Gasteiger partial charge in [-0.2, -0.15) is 0 Å². The fourth-order valence-corrected chi connectivity index (χ4v) is 3.31. The molecule has 0 bridgehead atoms. The van der Waals surface area contributed by atoms with Crippen LogP contribution in [-0.4, -0.2) is 42.0 Å². The summed E-state index contributed by atoms with van der Waals surface area (Å²) in [6, 6.07) is 11.3. The summed E-state index contributed by atoms with van der Waals surface area (Å²) in [4.78, 5) is 16.4. The Morgan fingerprint density at radius 3 is 2.20 bits per heavy atom. The standard InChI is InChI=1S/C18H18Cl2FN3O/c19-14-9-15(20)11-17(10-14)22-18(25)24-7-5-23(6-8-24)12-13-1-3-16(21)4-2-13/h1-4,9-11H,5-8,12H2,(H,22,25). The molecule has 2 aromatic carbocycles. The summed E-state index contributed by atoms with van der Waals surface area (Å²) in [5.74, 6) is -0.230. The Morgan fingerprint density at radius 1 is 1.00 bits per heavy atom. The number of amides is 2. The molecule has 7 heteroatoms. The molecule has 25 heavy (non-hydrogen) atoms. The van der Waals surface area contributed by atoms with Crippen molar-refractivity contribution in [2.75, 3.05) is 31.5 Å². The van der Waals surface area contributed by atoms with Crippen molar-refractivity contribution in [1.82, 2.24) is 9.80 Å². The molecule has 0 saturated carbocycles. The van der Waals surface area contributed by atoms with Crippen molar-refractivity contribution in [2.24, 2.45) is 0 Å². The van der Waals surface area contributed by atoms with E-state index in [4.69, 9.17) is 23.2 Å². The SMILES string of the molecule is O=C(Nc1cc(Cl)cc(Cl)c1)N1CCN(Cc2ccc(F)cc2)CC1. The molecule has 0 aromatic heterocycles. The number of anilines is 1. The van der Waals surface area contributed by atoms with Crippen molar-refractivity contribution in [3.05, 3.63) is 63.9 Å². The quantitative estimate of drug-likeness (QED) is 0.850. The molecule has 1 saturated heterocycles. The number of nitrogens with zero attached hydrogens (tertiary/aromatic N) is 2. The van der Waals surface area contributed by atoms with E-state index in [1.807, 2.05) is 0 Å². The third kappa shape index (κ3) is 5.08. The first-order valence-electron chi connectivity index (χ1n) is 7.98. The van der Waals surface area contributed by atoms with Gasteiger partial charge in [0.15, 0.2) is 0 Å². The largest absolute Gasteiger partial charge is 0.322 e. The number of nitrogens with one attached hydrogen (secondary N) is 1. The Bertz CT molecular complexity index is 726. The smallest absolute Gasteiger partial charge is 0.321 e. The predicted molar refractivity (Wildman–Crippen MR) is 98.7 cm³/mol. The lowest BCUT2D eigenvalue weighted by Gasteiger charge is -2.34. The molecule has 1 aliphatic heterocycles. The number of urea groups is 1. The number of hydrogen-bond donors (Lipinski definition) is 1. The molecule has 1 aliphatic rings. The maximum absolute atomic E-state index is 13.0. The average Bonchev–Trinajstić information content (AvgIpc) is 2.56. The zero-order chi connectivity index (χ0) is 17.8. The second-order valence-electron chi connectivity index (χ2n) is 5.98. The van der Waals surface area contributed by atoms with E-state index in [0.717, 1.165) is 25.2 Å². The average molecular weight is 382 g/mol. The molecule has 2 aromatic rings. The summed E-state index contributed by atoms with van der Waals surface area (Å²) in [5, 5.41) is 3.78. The number of hydrogen-bond acceptors (Lipinski definition) is 2. The van der Waals surface area contributed by atoms with Crippen molar-refractivity contribution < 1.29 is 9.18 Å². The third-order valence-corrected chi connectivity index (χ3v) is 4.53. The van der Waals surface area contributed by atoms with Crippen LogP contribution in [0.5, 0.6) is 0 Å². The molecule has 0 spiro atoms. The number of piperazine rings is 1. The molecule has 0 aliphatic carbocycles. The molecular formula is C18H18Cl2FN3O. The first-order chi connectivity index (χ1) is 12.0. The highest BCUT2D eigenvalue weighted by atomic mass is 35.5. The zero-order valence-electron chi connectivity index (χ0n) is 13.5. The Labute approximate surface area is 156 Å². The maximum Gasteiger partial charge on any atom is 0.321 e. The number of benzene rings is 2. The number of rotatable bonds is 3. The van der Waals surface area contributed by atoms with Gasteiger partial charge in [-0.15, -0.1) is 0 Å². The van der Waals surface area contributed by atoms with Crippen molar-refractivity contribution >= 4 is 34.9 Å². The molecule has 0 unspecified atom stereocenters. The lowest BCUT2D eigenvalue weighted by molar-refractivity contribution is 0.143. The maximum atomic E-state index is 13.0. The van der Waals surface area contributed by atoms with E-state index in [2.05, 4.69) is 10.2 Å². The molecule has 1 heterocycles. The lowest BCUT2D eigenvalue weighted by atomic mass is 10.2. The van der Waals surface area contributed by atoms with Crippen LogP contribution < -0.4 is 5.32 Å².